The molecule has 46 heavy (non-hydrogen) atoms. The van der Waals surface area contributed by atoms with E-state index in [9.17, 15) is 59.1 Å². The summed E-state index contributed by atoms with van der Waals surface area (Å²) in [4.78, 5) is 83.4. The van der Waals surface area contributed by atoms with Crippen molar-refractivity contribution in [1.29, 1.82) is 0 Å². The number of carbonyl (C=O) groups excluding carboxylic acids is 5. The molecule has 1 aliphatic rings. The molecule has 1 fully saturated rings. The number of aliphatic hydroxyl groups excluding tert-OH is 3. The van der Waals surface area contributed by atoms with Gasteiger partial charge in [0.2, 0.25) is 29.5 Å². The summed E-state index contributed by atoms with van der Waals surface area (Å²) in [7, 11) is 0. The molecule has 1 aliphatic heterocycles. The molecule has 5 amide bonds. The maximum absolute atomic E-state index is 12.8. The SMILES string of the molecule is C[C@H](NC(=O)[C@@H](C)OC1C(O)C(CO)OC(O)C1CC(N)=O)C(=O)N[C@H](CCC(=O)N[C@@H](CCC[C@@H](N)C(N)=O)C(=O)O)C(=O)O. The Hall–Kier alpha value is -3.95. The molecule has 0 bridgehead atoms. The number of ether oxygens (including phenoxy) is 2. The van der Waals surface area contributed by atoms with E-state index >= 15 is 0 Å². The highest BCUT2D eigenvalue weighted by Crippen LogP contribution is 2.30. The standard InChI is InChI=1S/C26H44N6O14/c1-10(30-23(39)11(2)45-20-12(8-17(28)34)26(44)46-16(9-33)19(20)36)22(38)32-15(25(42)43)6-7-18(35)31-14(24(40)41)5-3-4-13(27)21(29)37/h10-16,19-20,26,33,36,44H,3-9,27H2,1-2H3,(H2,28,34)(H2,29,37)(H,30,39)(H,31,35)(H,32,38)(H,40,41)(H,42,43)/t10-,11+,12?,13+,14-,15+,16?,19?,20?,26?/m0/s1. The lowest BCUT2D eigenvalue weighted by Crippen LogP contribution is -2.59. The van der Waals surface area contributed by atoms with Gasteiger partial charge in [0.25, 0.3) is 0 Å². The highest BCUT2D eigenvalue weighted by atomic mass is 16.6. The zero-order valence-electron chi connectivity index (χ0n) is 25.4. The van der Waals surface area contributed by atoms with Gasteiger partial charge in [-0.2, -0.15) is 0 Å². The molecule has 14 N–H and O–H groups in total. The summed E-state index contributed by atoms with van der Waals surface area (Å²) in [6.07, 6.45) is -8.62. The van der Waals surface area contributed by atoms with Gasteiger partial charge in [-0.05, 0) is 39.5 Å². The summed E-state index contributed by atoms with van der Waals surface area (Å²) in [5.41, 5.74) is 15.7. The molecule has 1 heterocycles. The van der Waals surface area contributed by atoms with E-state index in [1.807, 2.05) is 0 Å². The summed E-state index contributed by atoms with van der Waals surface area (Å²) >= 11 is 0. The molecule has 0 spiro atoms. The van der Waals surface area contributed by atoms with E-state index in [0.717, 1.165) is 0 Å². The molecule has 20 nitrogen and oxygen atoms in total. The molecule has 1 saturated heterocycles. The molecule has 0 aliphatic carbocycles. The lowest BCUT2D eigenvalue weighted by atomic mass is 9.88. The van der Waals surface area contributed by atoms with Crippen LogP contribution in [0.5, 0.6) is 0 Å². The third-order valence-corrected chi connectivity index (χ3v) is 7.20. The maximum atomic E-state index is 12.8. The Balaban J connectivity index is 2.73. The van der Waals surface area contributed by atoms with E-state index in [1.54, 1.807) is 0 Å². The Bertz CT molecular complexity index is 1110. The zero-order valence-corrected chi connectivity index (χ0v) is 25.4. The first-order chi connectivity index (χ1) is 21.4. The third-order valence-electron chi connectivity index (χ3n) is 7.20. The number of nitrogens with two attached hydrogens (primary N) is 3. The van der Waals surface area contributed by atoms with Gasteiger partial charge in [0.1, 0.15) is 36.4 Å². The number of aliphatic carboxylic acids is 2. The lowest BCUT2D eigenvalue weighted by Gasteiger charge is -2.42. The van der Waals surface area contributed by atoms with Crippen LogP contribution in [0.15, 0.2) is 0 Å². The summed E-state index contributed by atoms with van der Waals surface area (Å²) in [5, 5.41) is 55.7. The third kappa shape index (κ3) is 12.8. The molecule has 0 aromatic rings. The van der Waals surface area contributed by atoms with Crippen molar-refractivity contribution in [3.05, 3.63) is 0 Å². The summed E-state index contributed by atoms with van der Waals surface area (Å²) in [6.45, 7) is 1.73. The highest BCUT2D eigenvalue weighted by Gasteiger charge is 2.47. The van der Waals surface area contributed by atoms with E-state index in [0.29, 0.717) is 0 Å². The van der Waals surface area contributed by atoms with Crippen molar-refractivity contribution in [3.63, 3.8) is 0 Å². The first-order valence-electron chi connectivity index (χ1n) is 14.4. The van der Waals surface area contributed by atoms with Gasteiger partial charge in [0.05, 0.1) is 18.8 Å². The number of amides is 5. The van der Waals surface area contributed by atoms with Crippen molar-refractivity contribution in [2.24, 2.45) is 23.1 Å². The minimum atomic E-state index is -1.67. The smallest absolute Gasteiger partial charge is 0.326 e. The minimum Gasteiger partial charge on any atom is -0.480 e. The van der Waals surface area contributed by atoms with E-state index in [4.69, 9.17) is 26.7 Å². The fourth-order valence-electron chi connectivity index (χ4n) is 4.50. The predicted octanol–water partition coefficient (Wildman–Crippen LogP) is -5.27. The quantitative estimate of drug-likeness (QED) is 0.0579. The zero-order chi connectivity index (χ0) is 35.3. The van der Waals surface area contributed by atoms with Crippen LogP contribution in [-0.2, 0) is 43.0 Å². The van der Waals surface area contributed by atoms with Crippen molar-refractivity contribution >= 4 is 41.5 Å². The topological polar surface area (TPSA) is 353 Å². The van der Waals surface area contributed by atoms with Gasteiger partial charge in [-0.3, -0.25) is 24.0 Å². The molecule has 5 unspecified atom stereocenters. The molecule has 262 valence electrons. The number of aliphatic hydroxyl groups is 3. The second-order valence-corrected chi connectivity index (χ2v) is 10.9. The molecule has 10 atom stereocenters. The van der Waals surface area contributed by atoms with Crippen LogP contribution in [0.4, 0.5) is 0 Å². The van der Waals surface area contributed by atoms with Gasteiger partial charge in [-0.1, -0.05) is 0 Å². The van der Waals surface area contributed by atoms with Crippen molar-refractivity contribution in [2.75, 3.05) is 6.61 Å². The number of hydrogen-bond donors (Lipinski definition) is 11. The van der Waals surface area contributed by atoms with Crippen molar-refractivity contribution < 1.29 is 68.6 Å². The van der Waals surface area contributed by atoms with Crippen molar-refractivity contribution in [1.82, 2.24) is 16.0 Å². The predicted molar refractivity (Wildman–Crippen MR) is 153 cm³/mol. The van der Waals surface area contributed by atoms with Crippen LogP contribution in [0.1, 0.15) is 52.4 Å². The number of nitrogens with one attached hydrogen (secondary N) is 3. The van der Waals surface area contributed by atoms with E-state index < -0.39 is 128 Å². The Morgan fingerprint density at radius 3 is 1.98 bits per heavy atom. The van der Waals surface area contributed by atoms with Gasteiger partial charge in [-0.15, -0.1) is 0 Å². The summed E-state index contributed by atoms with van der Waals surface area (Å²) in [5.74, 6) is -8.41. The first kappa shape index (κ1) is 40.1. The van der Waals surface area contributed by atoms with Crippen LogP contribution >= 0.6 is 0 Å². The average Bonchev–Trinajstić information content (AvgIpc) is 2.96. The molecule has 0 radical (unpaired) electrons. The van der Waals surface area contributed by atoms with E-state index in [1.165, 1.54) is 13.8 Å². The number of rotatable bonds is 20. The largest absolute Gasteiger partial charge is 0.480 e. The molecular formula is C26H44N6O14. The number of carbonyl (C=O) groups is 7. The van der Waals surface area contributed by atoms with Gasteiger partial charge < -0.3 is 68.2 Å². The van der Waals surface area contributed by atoms with Crippen LogP contribution in [0.25, 0.3) is 0 Å². The summed E-state index contributed by atoms with van der Waals surface area (Å²) < 4.78 is 10.7. The lowest BCUT2D eigenvalue weighted by molar-refractivity contribution is -0.282. The van der Waals surface area contributed by atoms with Crippen LogP contribution in [0.2, 0.25) is 0 Å². The van der Waals surface area contributed by atoms with E-state index in [2.05, 4.69) is 16.0 Å². The minimum absolute atomic E-state index is 0.0810. The molecule has 0 aromatic heterocycles. The number of carboxylic acid groups (broad SMARTS) is 2. The van der Waals surface area contributed by atoms with Crippen LogP contribution in [0, 0.1) is 5.92 Å². The number of primary amides is 2. The highest BCUT2D eigenvalue weighted by molar-refractivity contribution is 5.91. The Morgan fingerprint density at radius 2 is 1.46 bits per heavy atom. The fourth-order valence-corrected chi connectivity index (χ4v) is 4.50. The van der Waals surface area contributed by atoms with Crippen molar-refractivity contribution in [2.45, 2.75) is 107 Å². The van der Waals surface area contributed by atoms with E-state index in [-0.39, 0.29) is 19.3 Å². The Morgan fingerprint density at radius 1 is 0.870 bits per heavy atom. The fraction of sp³-hybridized carbons (Fsp3) is 0.731. The van der Waals surface area contributed by atoms with Gasteiger partial charge in [0.15, 0.2) is 6.29 Å². The second kappa shape index (κ2) is 18.9. The van der Waals surface area contributed by atoms with Crippen LogP contribution in [0.3, 0.4) is 0 Å². The monoisotopic (exact) mass is 664 g/mol. The second-order valence-electron chi connectivity index (χ2n) is 10.9. The number of hydrogen-bond acceptors (Lipinski definition) is 13. The maximum Gasteiger partial charge on any atom is 0.326 e. The van der Waals surface area contributed by atoms with Crippen LogP contribution < -0.4 is 33.2 Å². The number of carboxylic acids is 2. The van der Waals surface area contributed by atoms with Gasteiger partial charge >= 0.3 is 11.9 Å². The van der Waals surface area contributed by atoms with Crippen molar-refractivity contribution in [3.8, 4) is 0 Å². The van der Waals surface area contributed by atoms with Gasteiger partial charge in [0, 0.05) is 18.8 Å². The first-order valence-corrected chi connectivity index (χ1v) is 14.4. The van der Waals surface area contributed by atoms with Crippen LogP contribution in [-0.4, -0.2) is 128 Å². The van der Waals surface area contributed by atoms with Gasteiger partial charge in [-0.25, -0.2) is 9.59 Å². The molecule has 0 aromatic carbocycles. The Labute approximate surface area is 263 Å². The summed E-state index contributed by atoms with van der Waals surface area (Å²) in [6, 6.07) is -5.28. The molecular weight excluding hydrogens is 620 g/mol. The Kier molecular flexibility index (Phi) is 16.5. The molecule has 20 heteroatoms. The molecule has 0 saturated carbocycles. The normalized spacial score (nSPS) is 24.3. The average molecular weight is 665 g/mol. The molecule has 1 rings (SSSR count).